The largest absolute Gasteiger partial charge is 0.497 e. The lowest BCUT2D eigenvalue weighted by Crippen LogP contribution is -2.50. The Morgan fingerprint density at radius 1 is 1.24 bits per heavy atom. The second kappa shape index (κ2) is 12.6. The molecule has 3 atom stereocenters. The molecule has 0 radical (unpaired) electrons. The van der Waals surface area contributed by atoms with Crippen LogP contribution in [0.1, 0.15) is 34.7 Å². The molecule has 0 saturated heterocycles. The topological polar surface area (TPSA) is 151 Å². The second-order valence-electron chi connectivity index (χ2n) is 9.81. The van der Waals surface area contributed by atoms with Crippen LogP contribution in [0.2, 0.25) is 0 Å². The van der Waals surface area contributed by atoms with Gasteiger partial charge in [-0.15, -0.1) is 0 Å². The number of sulfonamides is 1. The molecule has 1 aliphatic heterocycles. The fourth-order valence-corrected chi connectivity index (χ4v) is 5.62. The van der Waals surface area contributed by atoms with Gasteiger partial charge in [-0.1, -0.05) is 13.0 Å². The van der Waals surface area contributed by atoms with Crippen LogP contribution in [0.5, 0.6) is 11.5 Å². The zero-order chi connectivity index (χ0) is 29.7. The fraction of sp³-hybridized carbons (Fsp3) is 0.357. The third kappa shape index (κ3) is 6.47. The van der Waals surface area contributed by atoms with Gasteiger partial charge in [-0.2, -0.15) is 4.31 Å². The van der Waals surface area contributed by atoms with E-state index in [9.17, 15) is 23.1 Å². The van der Waals surface area contributed by atoms with Gasteiger partial charge in [-0.3, -0.25) is 14.6 Å². The van der Waals surface area contributed by atoms with Crippen molar-refractivity contribution in [3.63, 3.8) is 0 Å². The van der Waals surface area contributed by atoms with E-state index < -0.39 is 28.1 Å². The lowest BCUT2D eigenvalue weighted by Gasteiger charge is -2.38. The van der Waals surface area contributed by atoms with Crippen LogP contribution in [0.15, 0.2) is 66.0 Å². The molecular weight excluding hydrogens is 550 g/mol. The van der Waals surface area contributed by atoms with E-state index in [-0.39, 0.29) is 59.1 Å². The van der Waals surface area contributed by atoms with Crippen LogP contribution in [0.25, 0.3) is 0 Å². The monoisotopic (exact) mass is 583 g/mol. The number of methoxy groups -OCH3 is 1. The number of aromatic nitrogens is 2. The van der Waals surface area contributed by atoms with E-state index in [0.717, 1.165) is 0 Å². The van der Waals surface area contributed by atoms with E-state index in [1.807, 2.05) is 6.92 Å². The standard InChI is InChI=1S/C28H33N5O7S/c1-18-15-33(19(2)17-34)28(36)22-6-5-7-23(31-27(35)24-14-29-12-13-30-24)26(22)40-25(18)16-32(3)41(37,38)21-10-8-20(39-4)9-11-21/h5-14,18-19,25,34H,15-17H2,1-4H3,(H,31,35)/t18-,19+,25-/m0/s1. The third-order valence-electron chi connectivity index (χ3n) is 6.94. The number of para-hydroxylation sites is 1. The maximum Gasteiger partial charge on any atom is 0.275 e. The van der Waals surface area contributed by atoms with Crippen LogP contribution < -0.4 is 14.8 Å². The normalized spacial score (nSPS) is 18.1. The van der Waals surface area contributed by atoms with Crippen LogP contribution in [0.4, 0.5) is 5.69 Å². The van der Waals surface area contributed by atoms with Crippen LogP contribution in [-0.2, 0) is 10.0 Å². The van der Waals surface area contributed by atoms with E-state index in [1.165, 1.54) is 54.1 Å². The maximum absolute atomic E-state index is 13.7. The number of aliphatic hydroxyl groups is 1. The molecule has 0 saturated carbocycles. The van der Waals surface area contributed by atoms with Crippen LogP contribution in [0.3, 0.4) is 0 Å². The number of hydrogen-bond donors (Lipinski definition) is 2. The SMILES string of the molecule is COc1ccc(S(=O)(=O)N(C)C[C@@H]2Oc3c(NC(=O)c4cnccn4)cccc3C(=O)N([C@H](C)CO)C[C@@H]2C)cc1. The summed E-state index contributed by atoms with van der Waals surface area (Å²) in [6, 6.07) is 10.3. The number of nitrogens with one attached hydrogen (secondary N) is 1. The first-order chi connectivity index (χ1) is 19.6. The van der Waals surface area contributed by atoms with E-state index in [1.54, 1.807) is 37.3 Å². The Kier molecular flexibility index (Phi) is 9.21. The summed E-state index contributed by atoms with van der Waals surface area (Å²) in [5.41, 5.74) is 0.440. The Morgan fingerprint density at radius 3 is 2.61 bits per heavy atom. The molecule has 3 aromatic rings. The van der Waals surface area contributed by atoms with Crippen molar-refractivity contribution in [2.24, 2.45) is 5.92 Å². The smallest absolute Gasteiger partial charge is 0.275 e. The first kappa shape index (κ1) is 29.9. The molecule has 12 nitrogen and oxygen atoms in total. The zero-order valence-electron chi connectivity index (χ0n) is 23.2. The molecular formula is C28H33N5O7S. The summed E-state index contributed by atoms with van der Waals surface area (Å²) in [5.74, 6) is -0.690. The number of amides is 2. The van der Waals surface area contributed by atoms with Gasteiger partial charge < -0.3 is 24.8 Å². The van der Waals surface area contributed by atoms with Gasteiger partial charge in [-0.05, 0) is 43.3 Å². The number of nitrogens with zero attached hydrogens (tertiary/aromatic N) is 4. The zero-order valence-corrected chi connectivity index (χ0v) is 24.0. The highest BCUT2D eigenvalue weighted by Gasteiger charge is 2.36. The molecule has 1 aromatic heterocycles. The summed E-state index contributed by atoms with van der Waals surface area (Å²) in [6.07, 6.45) is 3.40. The quantitative estimate of drug-likeness (QED) is 0.387. The molecule has 2 heterocycles. The van der Waals surface area contributed by atoms with Gasteiger partial charge in [0, 0.05) is 31.9 Å². The van der Waals surface area contributed by atoms with Crippen LogP contribution in [-0.4, -0.2) is 90.5 Å². The molecule has 0 bridgehead atoms. The van der Waals surface area contributed by atoms with Crippen molar-refractivity contribution in [2.45, 2.75) is 30.9 Å². The molecule has 13 heteroatoms. The molecule has 218 valence electrons. The van der Waals surface area contributed by atoms with Gasteiger partial charge in [-0.25, -0.2) is 13.4 Å². The number of fused-ring (bicyclic) bond motifs is 1. The van der Waals surface area contributed by atoms with Gasteiger partial charge in [0.25, 0.3) is 11.8 Å². The number of benzene rings is 2. The van der Waals surface area contributed by atoms with Gasteiger partial charge in [0.15, 0.2) is 5.75 Å². The van der Waals surface area contributed by atoms with Gasteiger partial charge in [0.1, 0.15) is 17.5 Å². The number of likely N-dealkylation sites (N-methyl/N-ethyl adjacent to an activating group) is 1. The molecule has 2 N–H and O–H groups in total. The lowest BCUT2D eigenvalue weighted by atomic mass is 9.99. The molecule has 0 aliphatic carbocycles. The maximum atomic E-state index is 13.7. The lowest BCUT2D eigenvalue weighted by molar-refractivity contribution is 0.0388. The molecule has 1 aliphatic rings. The Balaban J connectivity index is 1.71. The first-order valence-corrected chi connectivity index (χ1v) is 14.4. The number of hydrogen-bond acceptors (Lipinski definition) is 9. The van der Waals surface area contributed by atoms with Crippen molar-refractivity contribution in [3.8, 4) is 11.5 Å². The van der Waals surface area contributed by atoms with E-state index in [4.69, 9.17) is 9.47 Å². The number of rotatable bonds is 9. The van der Waals surface area contributed by atoms with E-state index in [0.29, 0.717) is 5.75 Å². The first-order valence-electron chi connectivity index (χ1n) is 13.0. The number of aliphatic hydroxyl groups excluding tert-OH is 1. The van der Waals surface area contributed by atoms with Crippen molar-refractivity contribution in [2.75, 3.05) is 39.2 Å². The predicted molar refractivity (Wildman–Crippen MR) is 150 cm³/mol. The molecule has 2 aromatic carbocycles. The predicted octanol–water partition coefficient (Wildman–Crippen LogP) is 2.28. The summed E-state index contributed by atoms with van der Waals surface area (Å²) in [6.45, 7) is 3.44. The molecule has 4 rings (SSSR count). The minimum atomic E-state index is -3.90. The summed E-state index contributed by atoms with van der Waals surface area (Å²) in [4.78, 5) is 36.1. The summed E-state index contributed by atoms with van der Waals surface area (Å²) >= 11 is 0. The Hall–Kier alpha value is -4.07. The highest BCUT2D eigenvalue weighted by atomic mass is 32.2. The fourth-order valence-electron chi connectivity index (χ4n) is 4.44. The van der Waals surface area contributed by atoms with Gasteiger partial charge in [0.05, 0.1) is 48.6 Å². The van der Waals surface area contributed by atoms with Crippen molar-refractivity contribution >= 4 is 27.5 Å². The molecule has 0 fully saturated rings. The van der Waals surface area contributed by atoms with Crippen molar-refractivity contribution in [1.82, 2.24) is 19.2 Å². The number of carbonyl (C=O) groups is 2. The molecule has 41 heavy (non-hydrogen) atoms. The minimum absolute atomic E-state index is 0.0586. The number of ether oxygens (including phenoxy) is 2. The van der Waals surface area contributed by atoms with Crippen molar-refractivity contribution in [3.05, 3.63) is 72.3 Å². The highest BCUT2D eigenvalue weighted by Crippen LogP contribution is 2.35. The number of carbonyl (C=O) groups excluding carboxylic acids is 2. The Labute approximate surface area is 239 Å². The Bertz CT molecular complexity index is 1490. The molecule has 0 unspecified atom stereocenters. The third-order valence-corrected chi connectivity index (χ3v) is 8.78. The molecule has 0 spiro atoms. The van der Waals surface area contributed by atoms with E-state index in [2.05, 4.69) is 15.3 Å². The average Bonchev–Trinajstić information content (AvgIpc) is 2.99. The summed E-state index contributed by atoms with van der Waals surface area (Å²) < 4.78 is 39.6. The summed E-state index contributed by atoms with van der Waals surface area (Å²) in [5, 5.41) is 12.6. The minimum Gasteiger partial charge on any atom is -0.497 e. The average molecular weight is 584 g/mol. The van der Waals surface area contributed by atoms with E-state index >= 15 is 0 Å². The van der Waals surface area contributed by atoms with Crippen LogP contribution in [0, 0.1) is 5.92 Å². The van der Waals surface area contributed by atoms with Crippen molar-refractivity contribution in [1.29, 1.82) is 0 Å². The Morgan fingerprint density at radius 2 is 1.98 bits per heavy atom. The van der Waals surface area contributed by atoms with Gasteiger partial charge in [0.2, 0.25) is 10.0 Å². The highest BCUT2D eigenvalue weighted by molar-refractivity contribution is 7.89. The summed E-state index contributed by atoms with van der Waals surface area (Å²) in [7, 11) is -0.952. The molecule has 2 amide bonds. The number of anilines is 1. The van der Waals surface area contributed by atoms with Gasteiger partial charge >= 0.3 is 0 Å². The van der Waals surface area contributed by atoms with Crippen molar-refractivity contribution < 1.29 is 32.6 Å². The second-order valence-corrected chi connectivity index (χ2v) is 11.9. The van der Waals surface area contributed by atoms with Crippen LogP contribution >= 0.6 is 0 Å².